The SMILES string of the molecule is CCCSc1nnc(NC(=O)c2cccc(N3C(=O)c4ccccc4C3=O)c2)s1. The molecular formula is C20H16N4O3S2. The van der Waals surface area contributed by atoms with Crippen LogP contribution in [-0.2, 0) is 0 Å². The molecule has 7 nitrogen and oxygen atoms in total. The second-order valence-corrected chi connectivity index (χ2v) is 8.54. The Labute approximate surface area is 175 Å². The molecule has 4 rings (SSSR count). The number of aromatic nitrogens is 2. The van der Waals surface area contributed by atoms with Crippen LogP contribution in [0.5, 0.6) is 0 Å². The molecule has 3 aromatic rings. The summed E-state index contributed by atoms with van der Waals surface area (Å²) < 4.78 is 0.793. The van der Waals surface area contributed by atoms with E-state index >= 15 is 0 Å². The maximum atomic E-state index is 12.7. The van der Waals surface area contributed by atoms with Crippen molar-refractivity contribution in [1.82, 2.24) is 10.2 Å². The van der Waals surface area contributed by atoms with Gasteiger partial charge in [-0.25, -0.2) is 4.90 Å². The molecule has 146 valence electrons. The first-order valence-corrected chi connectivity index (χ1v) is 10.7. The summed E-state index contributed by atoms with van der Waals surface area (Å²) in [6.45, 7) is 2.08. The molecule has 1 aliphatic heterocycles. The third-order valence-corrected chi connectivity index (χ3v) is 6.40. The van der Waals surface area contributed by atoms with E-state index < -0.39 is 11.8 Å². The zero-order valence-electron chi connectivity index (χ0n) is 15.4. The summed E-state index contributed by atoms with van der Waals surface area (Å²) in [7, 11) is 0. The van der Waals surface area contributed by atoms with Gasteiger partial charge in [0.15, 0.2) is 4.34 Å². The van der Waals surface area contributed by atoms with Crippen molar-refractivity contribution in [1.29, 1.82) is 0 Å². The van der Waals surface area contributed by atoms with Crippen molar-refractivity contribution in [3.05, 3.63) is 65.2 Å². The third kappa shape index (κ3) is 3.79. The van der Waals surface area contributed by atoms with Crippen LogP contribution in [0.3, 0.4) is 0 Å². The lowest BCUT2D eigenvalue weighted by Gasteiger charge is -2.14. The van der Waals surface area contributed by atoms with Crippen molar-refractivity contribution in [3.8, 4) is 0 Å². The average Bonchev–Trinajstić information content (AvgIpc) is 3.29. The fourth-order valence-electron chi connectivity index (χ4n) is 2.89. The number of rotatable bonds is 6. The van der Waals surface area contributed by atoms with Gasteiger partial charge in [-0.15, -0.1) is 10.2 Å². The number of imide groups is 1. The highest BCUT2D eigenvalue weighted by atomic mass is 32.2. The van der Waals surface area contributed by atoms with Gasteiger partial charge < -0.3 is 0 Å². The minimum absolute atomic E-state index is 0.317. The normalized spacial score (nSPS) is 12.9. The smallest absolute Gasteiger partial charge is 0.266 e. The standard InChI is InChI=1S/C20H16N4O3S2/c1-2-10-28-20-23-22-19(29-20)21-16(25)12-6-5-7-13(11-12)24-17(26)14-8-3-4-9-15(14)18(24)27/h3-9,11H,2,10H2,1H3,(H,21,22,25). The minimum atomic E-state index is -0.398. The molecule has 1 aromatic heterocycles. The van der Waals surface area contributed by atoms with Crippen molar-refractivity contribution in [2.24, 2.45) is 0 Å². The number of hydrogen-bond donors (Lipinski definition) is 1. The first-order valence-electron chi connectivity index (χ1n) is 8.94. The van der Waals surface area contributed by atoms with Gasteiger partial charge in [-0.05, 0) is 36.8 Å². The molecule has 0 atom stereocenters. The molecule has 1 aliphatic rings. The third-order valence-electron chi connectivity index (χ3n) is 4.22. The molecule has 9 heteroatoms. The molecule has 2 aromatic carbocycles. The second kappa shape index (κ2) is 8.14. The zero-order valence-corrected chi connectivity index (χ0v) is 17.0. The number of carbonyl (C=O) groups excluding carboxylic acids is 3. The molecule has 0 bridgehead atoms. The van der Waals surface area contributed by atoms with Crippen LogP contribution in [0.1, 0.15) is 44.4 Å². The van der Waals surface area contributed by atoms with Gasteiger partial charge in [0.25, 0.3) is 17.7 Å². The Balaban J connectivity index is 1.53. The number of nitrogens with zero attached hydrogens (tertiary/aromatic N) is 3. The summed E-state index contributed by atoms with van der Waals surface area (Å²) in [5.74, 6) is -0.244. The largest absolute Gasteiger partial charge is 0.296 e. The minimum Gasteiger partial charge on any atom is -0.296 e. The molecule has 0 saturated heterocycles. The van der Waals surface area contributed by atoms with Gasteiger partial charge in [-0.2, -0.15) is 0 Å². The maximum absolute atomic E-state index is 12.7. The van der Waals surface area contributed by atoms with Crippen LogP contribution in [0.4, 0.5) is 10.8 Å². The van der Waals surface area contributed by atoms with Crippen molar-refractivity contribution in [3.63, 3.8) is 0 Å². The Bertz CT molecular complexity index is 1080. The fraction of sp³-hybridized carbons (Fsp3) is 0.150. The second-order valence-electron chi connectivity index (χ2n) is 6.22. The van der Waals surface area contributed by atoms with E-state index in [1.807, 2.05) is 0 Å². The predicted octanol–water partition coefficient (Wildman–Crippen LogP) is 4.09. The van der Waals surface area contributed by atoms with Crippen molar-refractivity contribution in [2.45, 2.75) is 17.7 Å². The number of benzene rings is 2. The molecule has 0 radical (unpaired) electrons. The molecular weight excluding hydrogens is 408 g/mol. The fourth-order valence-corrected chi connectivity index (χ4v) is 4.56. The lowest BCUT2D eigenvalue weighted by atomic mass is 10.1. The Hall–Kier alpha value is -3.04. The molecule has 29 heavy (non-hydrogen) atoms. The van der Waals surface area contributed by atoms with Gasteiger partial charge in [-0.3, -0.25) is 19.7 Å². The van der Waals surface area contributed by atoms with Crippen LogP contribution in [-0.4, -0.2) is 33.7 Å². The van der Waals surface area contributed by atoms with Gasteiger partial charge in [0.2, 0.25) is 5.13 Å². The highest BCUT2D eigenvalue weighted by molar-refractivity contribution is 8.01. The van der Waals surface area contributed by atoms with E-state index in [0.717, 1.165) is 21.4 Å². The van der Waals surface area contributed by atoms with E-state index in [1.54, 1.807) is 54.2 Å². The van der Waals surface area contributed by atoms with Gasteiger partial charge in [0.05, 0.1) is 16.8 Å². The number of anilines is 2. The summed E-state index contributed by atoms with van der Waals surface area (Å²) in [6, 6.07) is 13.1. The number of fused-ring (bicyclic) bond motifs is 1. The van der Waals surface area contributed by atoms with Gasteiger partial charge in [0, 0.05) is 11.3 Å². The van der Waals surface area contributed by atoms with E-state index in [2.05, 4.69) is 22.4 Å². The van der Waals surface area contributed by atoms with Crippen LogP contribution in [0.15, 0.2) is 52.9 Å². The molecule has 0 unspecified atom stereocenters. The molecule has 0 spiro atoms. The van der Waals surface area contributed by atoms with Crippen molar-refractivity contribution in [2.75, 3.05) is 16.0 Å². The molecule has 1 N–H and O–H groups in total. The van der Waals surface area contributed by atoms with Crippen LogP contribution in [0, 0.1) is 0 Å². The highest BCUT2D eigenvalue weighted by Gasteiger charge is 2.36. The Kier molecular flexibility index (Phi) is 5.41. The number of nitrogens with one attached hydrogen (secondary N) is 1. The molecule has 3 amide bonds. The van der Waals surface area contributed by atoms with E-state index in [-0.39, 0.29) is 5.91 Å². The number of amides is 3. The van der Waals surface area contributed by atoms with Crippen LogP contribution < -0.4 is 10.2 Å². The summed E-state index contributed by atoms with van der Waals surface area (Å²) in [4.78, 5) is 39.0. The van der Waals surface area contributed by atoms with Crippen molar-refractivity contribution < 1.29 is 14.4 Å². The van der Waals surface area contributed by atoms with E-state index in [9.17, 15) is 14.4 Å². The Morgan fingerprint density at radius 1 is 1.07 bits per heavy atom. The lowest BCUT2D eigenvalue weighted by molar-refractivity contribution is 0.0924. The van der Waals surface area contributed by atoms with E-state index in [1.165, 1.54) is 17.4 Å². The van der Waals surface area contributed by atoms with E-state index in [0.29, 0.717) is 27.5 Å². The lowest BCUT2D eigenvalue weighted by Crippen LogP contribution is -2.29. The highest BCUT2D eigenvalue weighted by Crippen LogP contribution is 2.29. The zero-order chi connectivity index (χ0) is 20.4. The van der Waals surface area contributed by atoms with Gasteiger partial charge >= 0.3 is 0 Å². The van der Waals surface area contributed by atoms with Crippen LogP contribution in [0.2, 0.25) is 0 Å². The topological polar surface area (TPSA) is 92.3 Å². The molecule has 0 fully saturated rings. The summed E-state index contributed by atoms with van der Waals surface area (Å²) in [5.41, 5.74) is 1.38. The summed E-state index contributed by atoms with van der Waals surface area (Å²) >= 11 is 2.90. The number of carbonyl (C=O) groups is 3. The average molecular weight is 425 g/mol. The number of hydrogen-bond acceptors (Lipinski definition) is 7. The quantitative estimate of drug-likeness (QED) is 0.364. The van der Waals surface area contributed by atoms with Gasteiger partial charge in [0.1, 0.15) is 0 Å². The monoisotopic (exact) mass is 424 g/mol. The van der Waals surface area contributed by atoms with Crippen molar-refractivity contribution >= 4 is 51.6 Å². The molecule has 2 heterocycles. The maximum Gasteiger partial charge on any atom is 0.266 e. The first-order chi connectivity index (χ1) is 14.1. The Morgan fingerprint density at radius 2 is 1.79 bits per heavy atom. The van der Waals surface area contributed by atoms with Gasteiger partial charge in [-0.1, -0.05) is 48.2 Å². The first kappa shape index (κ1) is 19.3. The van der Waals surface area contributed by atoms with Crippen LogP contribution in [0.25, 0.3) is 0 Å². The Morgan fingerprint density at radius 3 is 2.48 bits per heavy atom. The predicted molar refractivity (Wildman–Crippen MR) is 113 cm³/mol. The molecule has 0 aliphatic carbocycles. The van der Waals surface area contributed by atoms with E-state index in [4.69, 9.17) is 0 Å². The summed E-state index contributed by atoms with van der Waals surface area (Å²) in [6.07, 6.45) is 1.02. The summed E-state index contributed by atoms with van der Waals surface area (Å²) in [5, 5.41) is 11.1. The number of thioether (sulfide) groups is 1. The van der Waals surface area contributed by atoms with Crippen LogP contribution >= 0.6 is 23.1 Å². The molecule has 0 saturated carbocycles.